The van der Waals surface area contributed by atoms with Crippen LogP contribution in [0.3, 0.4) is 0 Å². The highest BCUT2D eigenvalue weighted by Gasteiger charge is 2.14. The SMILES string of the molecule is Ic1ccccc1C1=C(NC2=CC=CCC2)C=CCC1. The molecule has 0 unspecified atom stereocenters. The van der Waals surface area contributed by atoms with Crippen molar-refractivity contribution >= 4 is 28.2 Å². The zero-order chi connectivity index (χ0) is 13.8. The summed E-state index contributed by atoms with van der Waals surface area (Å²) in [5.74, 6) is 0. The third-order valence-electron chi connectivity index (χ3n) is 3.68. The van der Waals surface area contributed by atoms with Gasteiger partial charge in [0.05, 0.1) is 0 Å². The molecule has 1 aromatic rings. The summed E-state index contributed by atoms with van der Waals surface area (Å²) in [6.07, 6.45) is 15.5. The van der Waals surface area contributed by atoms with E-state index in [1.165, 1.54) is 26.1 Å². The lowest BCUT2D eigenvalue weighted by Gasteiger charge is -2.21. The molecule has 0 bridgehead atoms. The largest absolute Gasteiger partial charge is 0.359 e. The lowest BCUT2D eigenvalue weighted by atomic mass is 9.94. The fourth-order valence-corrected chi connectivity index (χ4v) is 3.36. The highest BCUT2D eigenvalue weighted by atomic mass is 127. The van der Waals surface area contributed by atoms with Crippen molar-refractivity contribution in [2.75, 3.05) is 0 Å². The molecular weight excluding hydrogens is 357 g/mol. The molecule has 0 saturated heterocycles. The van der Waals surface area contributed by atoms with Gasteiger partial charge in [-0.25, -0.2) is 0 Å². The van der Waals surface area contributed by atoms with Gasteiger partial charge < -0.3 is 5.32 Å². The maximum atomic E-state index is 3.63. The molecule has 0 spiro atoms. The van der Waals surface area contributed by atoms with Gasteiger partial charge in [0.25, 0.3) is 0 Å². The number of hydrogen-bond donors (Lipinski definition) is 1. The molecule has 2 heteroatoms. The van der Waals surface area contributed by atoms with Gasteiger partial charge >= 0.3 is 0 Å². The van der Waals surface area contributed by atoms with Crippen LogP contribution < -0.4 is 5.32 Å². The van der Waals surface area contributed by atoms with E-state index in [2.05, 4.69) is 82.6 Å². The van der Waals surface area contributed by atoms with Crippen LogP contribution in [0.5, 0.6) is 0 Å². The molecule has 0 saturated carbocycles. The monoisotopic (exact) mass is 375 g/mol. The van der Waals surface area contributed by atoms with Gasteiger partial charge in [-0.05, 0) is 77.6 Å². The fourth-order valence-electron chi connectivity index (χ4n) is 2.65. The molecule has 0 atom stereocenters. The van der Waals surface area contributed by atoms with E-state index in [1.807, 2.05) is 0 Å². The van der Waals surface area contributed by atoms with Crippen LogP contribution in [0.25, 0.3) is 5.57 Å². The Morgan fingerprint density at radius 3 is 2.65 bits per heavy atom. The lowest BCUT2D eigenvalue weighted by Crippen LogP contribution is -2.16. The second-order valence-electron chi connectivity index (χ2n) is 5.10. The van der Waals surface area contributed by atoms with Crippen LogP contribution in [0.4, 0.5) is 0 Å². The molecule has 102 valence electrons. The van der Waals surface area contributed by atoms with Crippen molar-refractivity contribution in [2.24, 2.45) is 0 Å². The predicted octanol–water partition coefficient (Wildman–Crippen LogP) is 5.18. The summed E-state index contributed by atoms with van der Waals surface area (Å²) in [4.78, 5) is 0. The summed E-state index contributed by atoms with van der Waals surface area (Å²) in [6.45, 7) is 0. The summed E-state index contributed by atoms with van der Waals surface area (Å²) in [5, 5.41) is 3.63. The number of nitrogens with one attached hydrogen (secondary N) is 1. The first-order valence-electron chi connectivity index (χ1n) is 7.12. The molecule has 0 amide bonds. The van der Waals surface area contributed by atoms with Crippen LogP contribution in [-0.4, -0.2) is 0 Å². The lowest BCUT2D eigenvalue weighted by molar-refractivity contribution is 0.840. The Morgan fingerprint density at radius 2 is 1.85 bits per heavy atom. The summed E-state index contributed by atoms with van der Waals surface area (Å²) in [6, 6.07) is 8.64. The van der Waals surface area contributed by atoms with Crippen molar-refractivity contribution in [3.8, 4) is 0 Å². The maximum Gasteiger partial charge on any atom is 0.0417 e. The summed E-state index contributed by atoms with van der Waals surface area (Å²) < 4.78 is 1.33. The minimum atomic E-state index is 1.10. The van der Waals surface area contributed by atoms with E-state index in [1.54, 1.807) is 0 Å². The van der Waals surface area contributed by atoms with E-state index in [0.717, 1.165) is 25.7 Å². The summed E-state index contributed by atoms with van der Waals surface area (Å²) >= 11 is 2.43. The van der Waals surface area contributed by atoms with Gasteiger partial charge in [0, 0.05) is 15.0 Å². The predicted molar refractivity (Wildman–Crippen MR) is 94.0 cm³/mol. The first-order valence-corrected chi connectivity index (χ1v) is 8.20. The Bertz CT molecular complexity index is 620. The van der Waals surface area contributed by atoms with Crippen molar-refractivity contribution in [3.63, 3.8) is 0 Å². The Kier molecular flexibility index (Phi) is 4.41. The van der Waals surface area contributed by atoms with Crippen LogP contribution in [-0.2, 0) is 0 Å². The molecule has 0 aromatic heterocycles. The quantitative estimate of drug-likeness (QED) is 0.719. The molecule has 20 heavy (non-hydrogen) atoms. The van der Waals surface area contributed by atoms with E-state index in [0.29, 0.717) is 0 Å². The topological polar surface area (TPSA) is 12.0 Å². The van der Waals surface area contributed by atoms with E-state index >= 15 is 0 Å². The number of hydrogen-bond acceptors (Lipinski definition) is 1. The van der Waals surface area contributed by atoms with Gasteiger partial charge in [-0.2, -0.15) is 0 Å². The van der Waals surface area contributed by atoms with Crippen LogP contribution >= 0.6 is 22.6 Å². The molecule has 0 radical (unpaired) electrons. The van der Waals surface area contributed by atoms with Crippen molar-refractivity contribution in [3.05, 3.63) is 75.2 Å². The second kappa shape index (κ2) is 6.44. The first kappa shape index (κ1) is 13.7. The highest BCUT2D eigenvalue weighted by Crippen LogP contribution is 2.31. The van der Waals surface area contributed by atoms with Crippen LogP contribution in [0.2, 0.25) is 0 Å². The van der Waals surface area contributed by atoms with Crippen molar-refractivity contribution in [1.82, 2.24) is 5.32 Å². The van der Waals surface area contributed by atoms with Crippen molar-refractivity contribution in [1.29, 1.82) is 0 Å². The second-order valence-corrected chi connectivity index (χ2v) is 6.26. The Morgan fingerprint density at radius 1 is 1.00 bits per heavy atom. The summed E-state index contributed by atoms with van der Waals surface area (Å²) in [5.41, 5.74) is 5.39. The molecule has 3 rings (SSSR count). The number of halogens is 1. The first-order chi connectivity index (χ1) is 9.84. The molecule has 2 aliphatic carbocycles. The smallest absolute Gasteiger partial charge is 0.0417 e. The van der Waals surface area contributed by atoms with Crippen LogP contribution in [0.15, 0.2) is 66.0 Å². The average molecular weight is 375 g/mol. The van der Waals surface area contributed by atoms with E-state index in [9.17, 15) is 0 Å². The molecule has 1 N–H and O–H groups in total. The Hall–Kier alpha value is -1.29. The number of allylic oxidation sites excluding steroid dienone is 7. The molecule has 0 aliphatic heterocycles. The standard InChI is InChI=1S/C18H18IN/c19-17-12-6-4-10-15(17)16-11-5-7-13-18(16)20-14-8-2-1-3-9-14/h1-2,4,6-8,10,12-13,20H,3,5,9,11H2. The normalized spacial score (nSPS) is 18.1. The third-order valence-corrected chi connectivity index (χ3v) is 4.62. The van der Waals surface area contributed by atoms with Crippen LogP contribution in [0.1, 0.15) is 31.2 Å². The summed E-state index contributed by atoms with van der Waals surface area (Å²) in [7, 11) is 0. The third kappa shape index (κ3) is 3.06. The van der Waals surface area contributed by atoms with Crippen molar-refractivity contribution in [2.45, 2.75) is 25.7 Å². The molecule has 1 nitrogen and oxygen atoms in total. The van der Waals surface area contributed by atoms with Gasteiger partial charge in [-0.3, -0.25) is 0 Å². The van der Waals surface area contributed by atoms with Gasteiger partial charge in [0.15, 0.2) is 0 Å². The molecule has 1 aromatic carbocycles. The molecule has 0 fully saturated rings. The molecule has 0 heterocycles. The Balaban J connectivity index is 1.96. The van der Waals surface area contributed by atoms with Crippen LogP contribution in [0, 0.1) is 3.57 Å². The number of benzene rings is 1. The van der Waals surface area contributed by atoms with Crippen molar-refractivity contribution < 1.29 is 0 Å². The van der Waals surface area contributed by atoms with Gasteiger partial charge in [0.2, 0.25) is 0 Å². The fraction of sp³-hybridized carbons (Fsp3) is 0.222. The minimum absolute atomic E-state index is 1.10. The van der Waals surface area contributed by atoms with Gasteiger partial charge in [0.1, 0.15) is 0 Å². The Labute approximate surface area is 134 Å². The molecule has 2 aliphatic rings. The zero-order valence-corrected chi connectivity index (χ0v) is 13.6. The van der Waals surface area contributed by atoms with E-state index < -0.39 is 0 Å². The van der Waals surface area contributed by atoms with Gasteiger partial charge in [-0.1, -0.05) is 36.4 Å². The highest BCUT2D eigenvalue weighted by molar-refractivity contribution is 14.1. The molecular formula is C18H18IN. The van der Waals surface area contributed by atoms with E-state index in [4.69, 9.17) is 0 Å². The maximum absolute atomic E-state index is 3.63. The zero-order valence-electron chi connectivity index (χ0n) is 11.4. The number of rotatable bonds is 3. The average Bonchev–Trinajstić information content (AvgIpc) is 2.50. The van der Waals surface area contributed by atoms with E-state index in [-0.39, 0.29) is 0 Å². The minimum Gasteiger partial charge on any atom is -0.359 e. The van der Waals surface area contributed by atoms with Gasteiger partial charge in [-0.15, -0.1) is 0 Å².